The highest BCUT2D eigenvalue weighted by Crippen LogP contribution is 2.34. The molecule has 0 amide bonds. The number of aromatic nitrogens is 4. The fourth-order valence-corrected chi connectivity index (χ4v) is 4.32. The lowest BCUT2D eigenvalue weighted by atomic mass is 10.0. The molecule has 0 radical (unpaired) electrons. The summed E-state index contributed by atoms with van der Waals surface area (Å²) in [5.41, 5.74) is 11.1. The van der Waals surface area contributed by atoms with Crippen molar-refractivity contribution in [3.8, 4) is 0 Å². The Morgan fingerprint density at radius 3 is 1.94 bits per heavy atom. The second-order valence-corrected chi connectivity index (χ2v) is 8.50. The number of rotatable bonds is 2. The average Bonchev–Trinajstić information content (AvgIpc) is 3.59. The Bertz CT molecular complexity index is 1600. The Morgan fingerprint density at radius 2 is 1.24 bits per heavy atom. The summed E-state index contributed by atoms with van der Waals surface area (Å²) in [7, 11) is 4.13. The summed E-state index contributed by atoms with van der Waals surface area (Å²) in [6, 6.07) is 25.0. The van der Waals surface area contributed by atoms with E-state index in [1.54, 1.807) is 0 Å². The van der Waals surface area contributed by atoms with Gasteiger partial charge in [-0.1, -0.05) is 18.2 Å². The fourth-order valence-electron chi connectivity index (χ4n) is 4.32. The lowest BCUT2D eigenvalue weighted by molar-refractivity contribution is 1.12. The first-order valence-electron chi connectivity index (χ1n) is 11.0. The highest BCUT2D eigenvalue weighted by molar-refractivity contribution is 5.97. The van der Waals surface area contributed by atoms with Gasteiger partial charge in [-0.25, -0.2) is 9.97 Å². The van der Waals surface area contributed by atoms with Crippen LogP contribution in [0.5, 0.6) is 0 Å². The summed E-state index contributed by atoms with van der Waals surface area (Å²) in [5.74, 6) is 0. The van der Waals surface area contributed by atoms with Crippen LogP contribution in [-0.2, 0) is 0 Å². The molecule has 8 bridgehead atoms. The highest BCUT2D eigenvalue weighted by Gasteiger charge is 2.17. The molecule has 0 atom stereocenters. The van der Waals surface area contributed by atoms with Crippen LogP contribution in [0.15, 0.2) is 72.8 Å². The summed E-state index contributed by atoms with van der Waals surface area (Å²) in [6.45, 7) is 0. The van der Waals surface area contributed by atoms with Crippen molar-refractivity contribution in [3.05, 3.63) is 101 Å². The second-order valence-electron chi connectivity index (χ2n) is 8.50. The van der Waals surface area contributed by atoms with Crippen LogP contribution in [0.25, 0.3) is 45.9 Å². The number of nitrogens with zero attached hydrogens (tertiary/aromatic N) is 3. The fraction of sp³-hybridized carbons (Fsp3) is 0.0714. The predicted octanol–water partition coefficient (Wildman–Crippen LogP) is 6.14. The normalized spacial score (nSPS) is 12.6. The van der Waals surface area contributed by atoms with E-state index in [1.807, 2.05) is 12.2 Å². The van der Waals surface area contributed by atoms with Gasteiger partial charge in [0.15, 0.2) is 0 Å². The third-order valence-electron chi connectivity index (χ3n) is 5.84. The molecule has 0 spiro atoms. The molecule has 4 aromatic rings. The van der Waals surface area contributed by atoms with E-state index in [2.05, 4.69) is 108 Å². The van der Waals surface area contributed by atoms with E-state index in [0.717, 1.165) is 61.7 Å². The lowest BCUT2D eigenvalue weighted by Gasteiger charge is -2.17. The van der Waals surface area contributed by atoms with E-state index in [0.29, 0.717) is 0 Å². The number of benzene rings is 1. The van der Waals surface area contributed by atoms with Crippen LogP contribution >= 0.6 is 0 Å². The summed E-state index contributed by atoms with van der Waals surface area (Å²) in [5, 5.41) is 0. The Morgan fingerprint density at radius 1 is 0.636 bits per heavy atom. The minimum absolute atomic E-state index is 0.891. The molecular weight excluding hydrogens is 406 g/mol. The van der Waals surface area contributed by atoms with Gasteiger partial charge in [-0.05, 0) is 72.8 Å². The Hall–Kier alpha value is -4.38. The van der Waals surface area contributed by atoms with Crippen LogP contribution in [-0.4, -0.2) is 34.0 Å². The van der Waals surface area contributed by atoms with E-state index >= 15 is 0 Å². The highest BCUT2D eigenvalue weighted by atomic mass is 15.1. The third-order valence-corrected chi connectivity index (χ3v) is 5.84. The van der Waals surface area contributed by atoms with Gasteiger partial charge < -0.3 is 14.9 Å². The molecule has 2 N–H and O–H groups in total. The first-order chi connectivity index (χ1) is 16.1. The summed E-state index contributed by atoms with van der Waals surface area (Å²) in [4.78, 5) is 18.8. The van der Waals surface area contributed by atoms with Gasteiger partial charge in [0.05, 0.1) is 22.8 Å². The van der Waals surface area contributed by atoms with Gasteiger partial charge in [0.2, 0.25) is 0 Å². The number of fused-ring (bicyclic) bond motifs is 8. The van der Waals surface area contributed by atoms with Gasteiger partial charge in [-0.15, -0.1) is 0 Å². The Kier molecular flexibility index (Phi) is 4.47. The zero-order valence-electron chi connectivity index (χ0n) is 18.5. The Labute approximate surface area is 191 Å². The number of hydrogen-bond donors (Lipinski definition) is 2. The molecule has 3 aromatic heterocycles. The number of hydrogen-bond acceptors (Lipinski definition) is 3. The molecule has 0 saturated heterocycles. The van der Waals surface area contributed by atoms with Gasteiger partial charge >= 0.3 is 0 Å². The molecule has 5 nitrogen and oxygen atoms in total. The van der Waals surface area contributed by atoms with Gasteiger partial charge in [0.1, 0.15) is 0 Å². The first-order valence-corrected chi connectivity index (χ1v) is 11.0. The van der Waals surface area contributed by atoms with Crippen LogP contribution in [0, 0.1) is 0 Å². The van der Waals surface area contributed by atoms with Crippen molar-refractivity contribution in [2.75, 3.05) is 19.0 Å². The molecule has 2 aliphatic heterocycles. The summed E-state index contributed by atoms with van der Waals surface area (Å²) >= 11 is 0. The van der Waals surface area contributed by atoms with Crippen LogP contribution in [0.1, 0.15) is 28.3 Å². The topological polar surface area (TPSA) is 60.6 Å². The van der Waals surface area contributed by atoms with Crippen molar-refractivity contribution in [2.24, 2.45) is 0 Å². The number of nitrogens with one attached hydrogen (secondary N) is 2. The van der Waals surface area contributed by atoms with Crippen molar-refractivity contribution in [3.63, 3.8) is 0 Å². The molecule has 0 unspecified atom stereocenters. The smallest absolute Gasteiger partial charge is 0.0738 e. The zero-order chi connectivity index (χ0) is 22.4. The molecule has 0 fully saturated rings. The largest absolute Gasteiger partial charge is 0.377 e. The van der Waals surface area contributed by atoms with Gasteiger partial charge in [0.25, 0.3) is 0 Å². The predicted molar refractivity (Wildman–Crippen MR) is 138 cm³/mol. The number of para-hydroxylation sites is 1. The van der Waals surface area contributed by atoms with Crippen molar-refractivity contribution in [2.45, 2.75) is 0 Å². The molecule has 160 valence electrons. The maximum Gasteiger partial charge on any atom is 0.0738 e. The van der Waals surface area contributed by atoms with E-state index in [1.165, 1.54) is 0 Å². The third kappa shape index (κ3) is 3.74. The maximum absolute atomic E-state index is 4.98. The molecule has 33 heavy (non-hydrogen) atoms. The monoisotopic (exact) mass is 429 g/mol. The molecule has 5 heterocycles. The summed E-state index contributed by atoms with van der Waals surface area (Å²) < 4.78 is 0. The van der Waals surface area contributed by atoms with Gasteiger partial charge in [0, 0.05) is 53.0 Å². The van der Waals surface area contributed by atoms with Crippen molar-refractivity contribution in [1.82, 2.24) is 19.9 Å². The minimum Gasteiger partial charge on any atom is -0.377 e. The molecule has 1 aromatic carbocycles. The maximum atomic E-state index is 4.98. The standard InChI is InChI=1S/C28H23N5/c1-33(2)28-6-4-3-5-25(28)26-16-24-15-22-10-9-20(30-22)13-18-7-8-19(29-18)14-21-11-12-23(31-21)17-27(26)32-24/h3-17,29-30H,1-2H3. The second kappa shape index (κ2) is 7.64. The minimum atomic E-state index is 0.891. The average molecular weight is 430 g/mol. The van der Waals surface area contributed by atoms with Crippen LogP contribution in [0.2, 0.25) is 0 Å². The first kappa shape index (κ1) is 19.3. The number of H-pyrrole nitrogens is 2. The van der Waals surface area contributed by atoms with E-state index in [-0.39, 0.29) is 0 Å². The van der Waals surface area contributed by atoms with Crippen molar-refractivity contribution in [1.29, 1.82) is 0 Å². The SMILES string of the molecule is CN(C)c1ccccc1C1=Cc2cc3ccc(cc4ccc(cc5nc(cc1n2)C=C5)[nH]4)[nH]3. The zero-order valence-corrected chi connectivity index (χ0v) is 18.5. The summed E-state index contributed by atoms with van der Waals surface area (Å²) in [6.07, 6.45) is 6.23. The molecule has 5 heteroatoms. The number of anilines is 1. The van der Waals surface area contributed by atoms with Crippen molar-refractivity contribution >= 4 is 51.6 Å². The quantitative estimate of drug-likeness (QED) is 0.348. The molecule has 2 aliphatic rings. The molecule has 0 aliphatic carbocycles. The molecule has 0 saturated carbocycles. The number of aromatic amines is 2. The Balaban J connectivity index is 1.64. The van der Waals surface area contributed by atoms with E-state index < -0.39 is 0 Å². The van der Waals surface area contributed by atoms with Crippen LogP contribution in [0.3, 0.4) is 0 Å². The van der Waals surface area contributed by atoms with Gasteiger partial charge in [-0.2, -0.15) is 0 Å². The van der Waals surface area contributed by atoms with Gasteiger partial charge in [-0.3, -0.25) is 0 Å². The van der Waals surface area contributed by atoms with Crippen LogP contribution < -0.4 is 4.90 Å². The lowest BCUT2D eigenvalue weighted by Crippen LogP contribution is -2.10. The molecular formula is C28H23N5. The molecule has 6 rings (SSSR count). The van der Waals surface area contributed by atoms with E-state index in [9.17, 15) is 0 Å². The van der Waals surface area contributed by atoms with E-state index in [4.69, 9.17) is 9.97 Å². The van der Waals surface area contributed by atoms with Crippen LogP contribution in [0.4, 0.5) is 5.69 Å². The van der Waals surface area contributed by atoms with Crippen molar-refractivity contribution < 1.29 is 0 Å².